The second-order valence-electron chi connectivity index (χ2n) is 14.9. The van der Waals surface area contributed by atoms with Crippen molar-refractivity contribution in [2.24, 2.45) is 0 Å². The van der Waals surface area contributed by atoms with E-state index in [1.54, 1.807) is 0 Å². The topological polar surface area (TPSA) is 23.0 Å². The predicted octanol–water partition coefficient (Wildman–Crippen LogP) is 14.8. The first-order chi connectivity index (χ1) is 28.3. The number of fused-ring (bicyclic) bond motifs is 9. The third-order valence-corrected chi connectivity index (χ3v) is 11.8. The summed E-state index contributed by atoms with van der Waals surface area (Å²) in [6.07, 6.45) is 0. The van der Waals surface area contributed by atoms with Gasteiger partial charge in [0.2, 0.25) is 0 Å². The van der Waals surface area contributed by atoms with Crippen LogP contribution in [0, 0.1) is 0 Å². The first-order valence-corrected chi connectivity index (χ1v) is 19.5. The Labute approximate surface area is 328 Å². The molecule has 0 unspecified atom stereocenters. The van der Waals surface area contributed by atoms with E-state index in [4.69, 9.17) is 4.42 Å². The molecule has 3 aromatic heterocycles. The number of para-hydroxylation sites is 5. The molecule has 3 heteroatoms. The zero-order valence-electron chi connectivity index (χ0n) is 30.9. The van der Waals surface area contributed by atoms with Crippen molar-refractivity contribution in [3.8, 4) is 44.8 Å². The van der Waals surface area contributed by atoms with Crippen LogP contribution in [0.4, 0.5) is 0 Å². The lowest BCUT2D eigenvalue weighted by Gasteiger charge is -2.13. The van der Waals surface area contributed by atoms with E-state index in [9.17, 15) is 0 Å². The summed E-state index contributed by atoms with van der Waals surface area (Å²) in [6.45, 7) is 0. The number of benzene rings is 9. The Hall–Kier alpha value is -7.62. The molecule has 0 spiro atoms. The van der Waals surface area contributed by atoms with Gasteiger partial charge in [0, 0.05) is 49.3 Å². The molecule has 0 saturated carbocycles. The first kappa shape index (κ1) is 31.7. The number of furan rings is 1. The Morgan fingerprint density at radius 2 is 0.825 bits per heavy atom. The Morgan fingerprint density at radius 3 is 1.61 bits per heavy atom. The molecule has 0 atom stereocenters. The van der Waals surface area contributed by atoms with Crippen molar-refractivity contribution in [3.05, 3.63) is 206 Å². The van der Waals surface area contributed by atoms with Gasteiger partial charge in [0.05, 0.1) is 22.1 Å². The molecule has 0 bridgehead atoms. The summed E-state index contributed by atoms with van der Waals surface area (Å²) >= 11 is 0. The van der Waals surface area contributed by atoms with Crippen LogP contribution < -0.4 is 0 Å². The van der Waals surface area contributed by atoms with Crippen LogP contribution in [0.2, 0.25) is 0 Å². The molecule has 0 amide bonds. The minimum Gasteiger partial charge on any atom is -0.456 e. The number of nitrogens with zero attached hydrogens (tertiary/aromatic N) is 2. The molecule has 12 aromatic rings. The van der Waals surface area contributed by atoms with Crippen molar-refractivity contribution < 1.29 is 4.42 Å². The lowest BCUT2D eigenvalue weighted by atomic mass is 9.97. The molecule has 57 heavy (non-hydrogen) atoms. The van der Waals surface area contributed by atoms with Crippen LogP contribution in [0.15, 0.2) is 211 Å². The fourth-order valence-electron chi connectivity index (χ4n) is 9.17. The van der Waals surface area contributed by atoms with E-state index >= 15 is 0 Å². The second kappa shape index (κ2) is 12.5. The molecule has 3 nitrogen and oxygen atoms in total. The summed E-state index contributed by atoms with van der Waals surface area (Å²) < 4.78 is 11.0. The van der Waals surface area contributed by atoms with Gasteiger partial charge in [-0.15, -0.1) is 0 Å². The minimum absolute atomic E-state index is 0.915. The summed E-state index contributed by atoms with van der Waals surface area (Å²) in [5.74, 6) is 0. The molecule has 266 valence electrons. The molecule has 12 rings (SSSR count). The molecule has 0 fully saturated rings. The second-order valence-corrected chi connectivity index (χ2v) is 14.9. The van der Waals surface area contributed by atoms with E-state index in [0.29, 0.717) is 0 Å². The summed E-state index contributed by atoms with van der Waals surface area (Å²) in [5, 5.41) is 7.30. The summed E-state index contributed by atoms with van der Waals surface area (Å²) in [4.78, 5) is 0. The van der Waals surface area contributed by atoms with Crippen LogP contribution in [0.5, 0.6) is 0 Å². The lowest BCUT2D eigenvalue weighted by molar-refractivity contribution is 0.669. The van der Waals surface area contributed by atoms with E-state index in [0.717, 1.165) is 33.3 Å². The van der Waals surface area contributed by atoms with Crippen LogP contribution >= 0.6 is 0 Å². The molecule has 3 heterocycles. The predicted molar refractivity (Wildman–Crippen MR) is 239 cm³/mol. The van der Waals surface area contributed by atoms with E-state index in [1.807, 2.05) is 12.1 Å². The van der Waals surface area contributed by atoms with Gasteiger partial charge in [-0.3, -0.25) is 0 Å². The van der Waals surface area contributed by atoms with E-state index in [2.05, 4.69) is 203 Å². The van der Waals surface area contributed by atoms with Crippen LogP contribution in [0.25, 0.3) is 110 Å². The highest BCUT2D eigenvalue weighted by Crippen LogP contribution is 2.41. The van der Waals surface area contributed by atoms with Gasteiger partial charge in [-0.2, -0.15) is 0 Å². The molecular formula is C54H34N2O. The Kier molecular flexibility index (Phi) is 6.93. The zero-order chi connectivity index (χ0) is 37.5. The SMILES string of the molecule is c1ccc(-n2c3ccccc3c3cccc(-c4ccc5c6ccccc6n(-c6ccc(-c7ccc(-c8cccc9oc%10ccccc%10c89)cc7)cc6)c5c4)c32)cc1. The van der Waals surface area contributed by atoms with Gasteiger partial charge in [-0.05, 0) is 82.4 Å². The largest absolute Gasteiger partial charge is 0.456 e. The number of aromatic nitrogens is 2. The van der Waals surface area contributed by atoms with Crippen LogP contribution in [-0.4, -0.2) is 9.13 Å². The Bertz CT molecular complexity index is 3490. The third-order valence-electron chi connectivity index (χ3n) is 11.8. The van der Waals surface area contributed by atoms with Crippen molar-refractivity contribution in [1.29, 1.82) is 0 Å². The molecular weight excluding hydrogens is 693 g/mol. The van der Waals surface area contributed by atoms with E-state index < -0.39 is 0 Å². The number of rotatable bonds is 5. The minimum atomic E-state index is 0.915. The van der Waals surface area contributed by atoms with Gasteiger partial charge in [-0.1, -0.05) is 152 Å². The Balaban J connectivity index is 0.968. The normalized spacial score (nSPS) is 11.9. The average molecular weight is 727 g/mol. The number of hydrogen-bond acceptors (Lipinski definition) is 1. The van der Waals surface area contributed by atoms with Crippen molar-refractivity contribution in [3.63, 3.8) is 0 Å². The highest BCUT2D eigenvalue weighted by Gasteiger charge is 2.19. The maximum Gasteiger partial charge on any atom is 0.136 e. The highest BCUT2D eigenvalue weighted by atomic mass is 16.3. The molecule has 0 radical (unpaired) electrons. The Morgan fingerprint density at radius 1 is 0.298 bits per heavy atom. The van der Waals surface area contributed by atoms with Gasteiger partial charge in [0.1, 0.15) is 11.2 Å². The van der Waals surface area contributed by atoms with Gasteiger partial charge < -0.3 is 13.6 Å². The summed E-state index contributed by atoms with van der Waals surface area (Å²) in [7, 11) is 0. The van der Waals surface area contributed by atoms with Gasteiger partial charge in [-0.25, -0.2) is 0 Å². The quantitative estimate of drug-likeness (QED) is 0.173. The fourth-order valence-corrected chi connectivity index (χ4v) is 9.17. The number of hydrogen-bond donors (Lipinski definition) is 0. The molecule has 0 aliphatic heterocycles. The molecule has 0 N–H and O–H groups in total. The molecule has 0 aliphatic rings. The van der Waals surface area contributed by atoms with Crippen LogP contribution in [-0.2, 0) is 0 Å². The first-order valence-electron chi connectivity index (χ1n) is 19.5. The van der Waals surface area contributed by atoms with Gasteiger partial charge in [0.25, 0.3) is 0 Å². The lowest BCUT2D eigenvalue weighted by Crippen LogP contribution is -1.96. The van der Waals surface area contributed by atoms with E-state index in [1.165, 1.54) is 77.0 Å². The highest BCUT2D eigenvalue weighted by molar-refractivity contribution is 6.16. The average Bonchev–Trinajstić information content (AvgIpc) is 3.94. The smallest absolute Gasteiger partial charge is 0.136 e. The van der Waals surface area contributed by atoms with Crippen LogP contribution in [0.1, 0.15) is 0 Å². The maximum atomic E-state index is 6.18. The van der Waals surface area contributed by atoms with Crippen molar-refractivity contribution in [1.82, 2.24) is 9.13 Å². The van der Waals surface area contributed by atoms with Crippen molar-refractivity contribution in [2.75, 3.05) is 0 Å². The summed E-state index contributed by atoms with van der Waals surface area (Å²) in [6, 6.07) is 74.5. The summed E-state index contributed by atoms with van der Waals surface area (Å²) in [5.41, 5.74) is 16.0. The third kappa shape index (κ3) is 4.86. The van der Waals surface area contributed by atoms with Crippen molar-refractivity contribution >= 4 is 65.6 Å². The molecule has 0 saturated heterocycles. The van der Waals surface area contributed by atoms with Gasteiger partial charge >= 0.3 is 0 Å². The maximum absolute atomic E-state index is 6.18. The van der Waals surface area contributed by atoms with Gasteiger partial charge in [0.15, 0.2) is 0 Å². The van der Waals surface area contributed by atoms with E-state index in [-0.39, 0.29) is 0 Å². The fraction of sp³-hybridized carbons (Fsp3) is 0. The molecule has 0 aliphatic carbocycles. The molecule has 9 aromatic carbocycles. The van der Waals surface area contributed by atoms with Crippen molar-refractivity contribution in [2.45, 2.75) is 0 Å². The van der Waals surface area contributed by atoms with Crippen LogP contribution in [0.3, 0.4) is 0 Å². The monoisotopic (exact) mass is 726 g/mol. The standard InChI is InChI=1S/C54H34N2O/c1-2-12-39(13-3-1)56-49-21-8-5-15-44(49)46-19-10-18-42(54(46)56)38-30-33-45-43-14-4-7-20-48(43)55(50(45)34-38)40-31-28-36(29-32-40)35-24-26-37(27-25-35)41-17-11-23-52-53(41)47-16-6-9-22-51(47)57-52/h1-34H. The zero-order valence-corrected chi connectivity index (χ0v) is 30.9.